The van der Waals surface area contributed by atoms with E-state index >= 15 is 0 Å². The zero-order valence-corrected chi connectivity index (χ0v) is 38.0. The molecule has 0 saturated heterocycles. The highest BCUT2D eigenvalue weighted by atomic mass is 31.2. The van der Waals surface area contributed by atoms with Crippen molar-refractivity contribution in [2.75, 3.05) is 26.4 Å². The number of hydrogen-bond acceptors (Lipinski definition) is 8. The second-order valence-electron chi connectivity index (χ2n) is 15.9. The number of esters is 1. The number of phosphoric ester groups is 1. The van der Waals surface area contributed by atoms with Gasteiger partial charge in [-0.3, -0.25) is 18.6 Å². The average molecular weight is 842 g/mol. The first-order valence-electron chi connectivity index (χ1n) is 23.5. The van der Waals surface area contributed by atoms with E-state index in [1.54, 1.807) is 0 Å². The fraction of sp³-hybridized carbons (Fsp3) is 0.830. The van der Waals surface area contributed by atoms with Crippen LogP contribution in [0.2, 0.25) is 0 Å². The van der Waals surface area contributed by atoms with E-state index in [0.29, 0.717) is 13.0 Å². The van der Waals surface area contributed by atoms with Crippen molar-refractivity contribution in [3.63, 3.8) is 0 Å². The van der Waals surface area contributed by atoms with Crippen LogP contribution in [0.4, 0.5) is 0 Å². The molecule has 58 heavy (non-hydrogen) atoms. The average Bonchev–Trinajstić information content (AvgIpc) is 3.20. The van der Waals surface area contributed by atoms with Gasteiger partial charge in [0.2, 0.25) is 0 Å². The minimum Gasteiger partial charge on any atom is -0.480 e. The Morgan fingerprint density at radius 1 is 0.552 bits per heavy atom. The number of nitrogens with two attached hydrogens (primary N) is 1. The normalized spacial score (nSPS) is 14.1. The van der Waals surface area contributed by atoms with E-state index in [0.717, 1.165) is 57.8 Å². The molecule has 0 bridgehead atoms. The first-order chi connectivity index (χ1) is 28.2. The van der Waals surface area contributed by atoms with Crippen LogP contribution < -0.4 is 5.73 Å². The predicted molar refractivity (Wildman–Crippen MR) is 240 cm³/mol. The summed E-state index contributed by atoms with van der Waals surface area (Å²) >= 11 is 0. The maximum Gasteiger partial charge on any atom is 0.472 e. The van der Waals surface area contributed by atoms with Crippen molar-refractivity contribution in [2.24, 2.45) is 5.73 Å². The van der Waals surface area contributed by atoms with E-state index in [4.69, 9.17) is 29.4 Å². The van der Waals surface area contributed by atoms with Gasteiger partial charge in [0.25, 0.3) is 0 Å². The summed E-state index contributed by atoms with van der Waals surface area (Å²) < 4.78 is 33.4. The van der Waals surface area contributed by atoms with Crippen LogP contribution in [0.3, 0.4) is 0 Å². The van der Waals surface area contributed by atoms with Crippen molar-refractivity contribution in [3.05, 3.63) is 36.5 Å². The van der Waals surface area contributed by atoms with Crippen molar-refractivity contribution in [1.29, 1.82) is 0 Å². The first kappa shape index (κ1) is 56.2. The molecule has 3 unspecified atom stereocenters. The standard InChI is InChI=1S/C47H88NO9P/c1-3-5-7-9-11-13-15-17-19-21-22-23-24-26-28-30-32-34-36-38-40-54-41-44(42-55-58(52,53)56-43-45(48)47(50)51)57-46(49)39-37-35-33-31-29-27-25-20-18-16-14-12-10-8-6-4-2/h14,16-17,19-20,25,44-45H,3-13,15,18,21-24,26-43,48H2,1-2H3,(H,50,51)(H,52,53)/b16-14-,19-17-,25-20-. The molecule has 0 fully saturated rings. The van der Waals surface area contributed by atoms with Crippen LogP contribution >= 0.6 is 7.82 Å². The van der Waals surface area contributed by atoms with Crippen LogP contribution in [0.15, 0.2) is 36.5 Å². The van der Waals surface area contributed by atoms with Gasteiger partial charge in [0.1, 0.15) is 12.1 Å². The van der Waals surface area contributed by atoms with Crippen LogP contribution in [0.1, 0.15) is 213 Å². The van der Waals surface area contributed by atoms with Crippen molar-refractivity contribution in [1.82, 2.24) is 0 Å². The summed E-state index contributed by atoms with van der Waals surface area (Å²) in [6, 6.07) is -1.48. The molecule has 0 aromatic carbocycles. The molecule has 0 spiro atoms. The minimum atomic E-state index is -4.62. The molecule has 0 saturated carbocycles. The molecule has 0 aromatic rings. The van der Waals surface area contributed by atoms with E-state index in [2.05, 4.69) is 50.3 Å². The van der Waals surface area contributed by atoms with Gasteiger partial charge in [-0.1, -0.05) is 172 Å². The van der Waals surface area contributed by atoms with Gasteiger partial charge in [0.05, 0.1) is 19.8 Å². The number of allylic oxidation sites excluding steroid dienone is 6. The van der Waals surface area contributed by atoms with Gasteiger partial charge in [-0.15, -0.1) is 0 Å². The lowest BCUT2D eigenvalue weighted by Gasteiger charge is -2.20. The number of carboxylic acids is 1. The quantitative estimate of drug-likeness (QED) is 0.0233. The maximum atomic E-state index is 12.6. The van der Waals surface area contributed by atoms with Crippen molar-refractivity contribution >= 4 is 19.8 Å². The Morgan fingerprint density at radius 2 is 0.948 bits per heavy atom. The second-order valence-corrected chi connectivity index (χ2v) is 17.3. The molecule has 340 valence electrons. The molecule has 10 nitrogen and oxygen atoms in total. The molecule has 3 atom stereocenters. The Kier molecular flexibility index (Phi) is 41.9. The third-order valence-corrected chi connectivity index (χ3v) is 11.1. The summed E-state index contributed by atoms with van der Waals surface area (Å²) in [6.45, 7) is 3.86. The number of hydrogen-bond donors (Lipinski definition) is 3. The Bertz CT molecular complexity index is 1070. The largest absolute Gasteiger partial charge is 0.480 e. The molecule has 11 heteroatoms. The van der Waals surface area contributed by atoms with Gasteiger partial charge in [0, 0.05) is 13.0 Å². The first-order valence-corrected chi connectivity index (χ1v) is 25.0. The van der Waals surface area contributed by atoms with E-state index in [1.807, 2.05) is 0 Å². The van der Waals surface area contributed by atoms with Gasteiger partial charge in [-0.2, -0.15) is 0 Å². The number of carbonyl (C=O) groups excluding carboxylic acids is 1. The Balaban J connectivity index is 4.20. The lowest BCUT2D eigenvalue weighted by molar-refractivity contribution is -0.154. The molecule has 0 radical (unpaired) electrons. The van der Waals surface area contributed by atoms with Crippen molar-refractivity contribution in [3.8, 4) is 0 Å². The van der Waals surface area contributed by atoms with E-state index in [-0.39, 0.29) is 13.0 Å². The summed E-state index contributed by atoms with van der Waals surface area (Å²) in [4.78, 5) is 33.6. The lowest BCUT2D eigenvalue weighted by Crippen LogP contribution is -2.34. The van der Waals surface area contributed by atoms with Crippen LogP contribution in [-0.2, 0) is 32.7 Å². The molecule has 0 aromatic heterocycles. The molecule has 0 heterocycles. The molecule has 0 rings (SSSR count). The monoisotopic (exact) mass is 842 g/mol. The zero-order valence-electron chi connectivity index (χ0n) is 37.1. The summed E-state index contributed by atoms with van der Waals surface area (Å²) in [5, 5.41) is 8.91. The fourth-order valence-corrected chi connectivity index (χ4v) is 7.23. The summed E-state index contributed by atoms with van der Waals surface area (Å²) in [7, 11) is -4.62. The molecule has 0 aliphatic carbocycles. The number of ether oxygens (including phenoxy) is 2. The minimum absolute atomic E-state index is 0.0115. The number of rotatable bonds is 45. The number of carbonyl (C=O) groups is 2. The van der Waals surface area contributed by atoms with Crippen LogP contribution in [0, 0.1) is 0 Å². The third-order valence-electron chi connectivity index (χ3n) is 10.1. The van der Waals surface area contributed by atoms with E-state index < -0.39 is 45.1 Å². The highest BCUT2D eigenvalue weighted by Crippen LogP contribution is 2.43. The van der Waals surface area contributed by atoms with Crippen LogP contribution in [0.25, 0.3) is 0 Å². The number of unbranched alkanes of at least 4 members (excludes halogenated alkanes) is 25. The molecule has 4 N–H and O–H groups in total. The van der Waals surface area contributed by atoms with Gasteiger partial charge in [-0.05, 0) is 70.6 Å². The molecule has 0 amide bonds. The lowest BCUT2D eigenvalue weighted by atomic mass is 10.1. The smallest absolute Gasteiger partial charge is 0.472 e. The molecule has 0 aliphatic rings. The second kappa shape index (κ2) is 43.3. The van der Waals surface area contributed by atoms with Gasteiger partial charge < -0.3 is 25.2 Å². The van der Waals surface area contributed by atoms with Gasteiger partial charge in [-0.25, -0.2) is 4.57 Å². The van der Waals surface area contributed by atoms with Gasteiger partial charge in [0.15, 0.2) is 0 Å². The van der Waals surface area contributed by atoms with Crippen LogP contribution in [-0.4, -0.2) is 60.5 Å². The Labute approximate surface area is 355 Å². The summed E-state index contributed by atoms with van der Waals surface area (Å²) in [5.74, 6) is -1.79. The number of carboxylic acid groups (broad SMARTS) is 1. The topological polar surface area (TPSA) is 155 Å². The van der Waals surface area contributed by atoms with E-state index in [9.17, 15) is 19.0 Å². The highest BCUT2D eigenvalue weighted by Gasteiger charge is 2.27. The number of phosphoric acid groups is 1. The number of aliphatic carboxylic acids is 1. The van der Waals surface area contributed by atoms with Crippen molar-refractivity contribution < 1.29 is 42.7 Å². The Hall–Kier alpha value is -1.81. The summed E-state index contributed by atoms with van der Waals surface area (Å²) in [6.07, 6.45) is 49.1. The predicted octanol–water partition coefficient (Wildman–Crippen LogP) is 13.3. The van der Waals surface area contributed by atoms with E-state index in [1.165, 1.54) is 128 Å². The molecule has 0 aliphatic heterocycles. The Morgan fingerprint density at radius 3 is 1.43 bits per heavy atom. The molecular formula is C47H88NO9P. The maximum absolute atomic E-state index is 12.6. The van der Waals surface area contributed by atoms with Gasteiger partial charge >= 0.3 is 19.8 Å². The highest BCUT2D eigenvalue weighted by molar-refractivity contribution is 7.47. The van der Waals surface area contributed by atoms with Crippen molar-refractivity contribution in [2.45, 2.75) is 225 Å². The summed E-state index contributed by atoms with van der Waals surface area (Å²) in [5.41, 5.74) is 5.36. The fourth-order valence-electron chi connectivity index (χ4n) is 6.45. The molecular weight excluding hydrogens is 753 g/mol. The zero-order chi connectivity index (χ0) is 42.6. The van der Waals surface area contributed by atoms with Crippen LogP contribution in [0.5, 0.6) is 0 Å². The third kappa shape index (κ3) is 42.3. The SMILES string of the molecule is CCCCCC/C=C\C/C=C\CCCCCCCC(=O)OC(COCCCCCCCCCCCC/C=C\CCCCCCCC)COP(=O)(O)OCC(N)C(=O)O.